The van der Waals surface area contributed by atoms with Crippen LogP contribution in [0.3, 0.4) is 0 Å². The highest BCUT2D eigenvalue weighted by atomic mass is 35.5. The van der Waals surface area contributed by atoms with Crippen molar-refractivity contribution in [3.63, 3.8) is 0 Å². The predicted octanol–water partition coefficient (Wildman–Crippen LogP) is 5.46. The van der Waals surface area contributed by atoms with Crippen LogP contribution in [0.4, 0.5) is 0 Å². The van der Waals surface area contributed by atoms with E-state index in [4.69, 9.17) is 27.9 Å². The largest absolute Gasteiger partial charge is 0.493 e. The maximum Gasteiger partial charge on any atom is 0.121 e. The molecular formula is C21H25Cl2N3OS. The topological polar surface area (TPSA) is 28.6 Å². The molecule has 1 saturated heterocycles. The van der Waals surface area contributed by atoms with Gasteiger partial charge in [0.05, 0.1) is 38.1 Å². The summed E-state index contributed by atoms with van der Waals surface area (Å²) in [4.78, 5) is 9.08. The van der Waals surface area contributed by atoms with E-state index in [0.717, 1.165) is 56.1 Å². The van der Waals surface area contributed by atoms with Gasteiger partial charge in [0.2, 0.25) is 0 Å². The third kappa shape index (κ3) is 5.29. The van der Waals surface area contributed by atoms with Crippen molar-refractivity contribution >= 4 is 44.8 Å². The molecule has 4 nitrogen and oxygen atoms in total. The van der Waals surface area contributed by atoms with Crippen LogP contribution in [-0.2, 0) is 0 Å². The molecule has 1 aromatic carbocycles. The molecule has 0 radical (unpaired) electrons. The average molecular weight is 438 g/mol. The Morgan fingerprint density at radius 2 is 2.07 bits per heavy atom. The maximum absolute atomic E-state index is 6.39. The van der Waals surface area contributed by atoms with Crippen molar-refractivity contribution in [2.45, 2.75) is 13.3 Å². The minimum atomic E-state index is 0.491. The molecule has 0 bridgehead atoms. The van der Waals surface area contributed by atoms with Gasteiger partial charge >= 0.3 is 0 Å². The van der Waals surface area contributed by atoms with Crippen LogP contribution in [0, 0.1) is 0 Å². The van der Waals surface area contributed by atoms with E-state index in [9.17, 15) is 0 Å². The third-order valence-electron chi connectivity index (χ3n) is 4.79. The molecule has 0 atom stereocenters. The fourth-order valence-corrected chi connectivity index (χ4v) is 4.34. The van der Waals surface area contributed by atoms with E-state index in [-0.39, 0.29) is 0 Å². The molecule has 1 aromatic heterocycles. The zero-order chi connectivity index (χ0) is 19.9. The van der Waals surface area contributed by atoms with Gasteiger partial charge < -0.3 is 9.64 Å². The Morgan fingerprint density at radius 3 is 2.79 bits per heavy atom. The maximum atomic E-state index is 6.39. The van der Waals surface area contributed by atoms with Crippen LogP contribution in [-0.4, -0.2) is 54.1 Å². The van der Waals surface area contributed by atoms with Crippen molar-refractivity contribution in [3.05, 3.63) is 58.2 Å². The van der Waals surface area contributed by atoms with Crippen molar-refractivity contribution in [3.8, 4) is 5.75 Å². The Kier molecular flexibility index (Phi) is 7.80. The van der Waals surface area contributed by atoms with Crippen molar-refractivity contribution in [2.24, 2.45) is 0 Å². The lowest BCUT2D eigenvalue weighted by molar-refractivity contribution is 0.152. The molecule has 7 heteroatoms. The molecule has 1 fully saturated rings. The van der Waals surface area contributed by atoms with Crippen LogP contribution < -0.4 is 4.74 Å². The van der Waals surface area contributed by atoms with Gasteiger partial charge in [0.15, 0.2) is 0 Å². The Hall–Kier alpha value is -1.53. The Labute approximate surface area is 180 Å². The lowest BCUT2D eigenvalue weighted by Gasteiger charge is -2.37. The van der Waals surface area contributed by atoms with Gasteiger partial charge in [-0.3, -0.25) is 4.90 Å². The van der Waals surface area contributed by atoms with Gasteiger partial charge in [0, 0.05) is 38.8 Å². The minimum absolute atomic E-state index is 0.491. The minimum Gasteiger partial charge on any atom is -0.493 e. The van der Waals surface area contributed by atoms with Crippen molar-refractivity contribution in [1.29, 1.82) is 0 Å². The first-order valence-corrected chi connectivity index (χ1v) is 11.0. The molecule has 0 N–H and O–H groups in total. The van der Waals surface area contributed by atoms with E-state index in [1.165, 1.54) is 4.70 Å². The third-order valence-corrected chi connectivity index (χ3v) is 6.44. The van der Waals surface area contributed by atoms with Gasteiger partial charge in [-0.05, 0) is 31.6 Å². The summed E-state index contributed by atoms with van der Waals surface area (Å²) in [6.07, 6.45) is 4.58. The standard InChI is InChI=1S/C21H25Cl2N3OS/c1-3-17(22)21(23)19(4-2)26-11-9-25(10-12-26)8-5-13-27-16-6-7-20-18(14-16)24-15-28-20/h3-4,6-7,14-15H,1,5,8-13H2,2H3/b19-4+,21-17-. The van der Waals surface area contributed by atoms with E-state index in [0.29, 0.717) is 16.7 Å². The number of benzene rings is 1. The van der Waals surface area contributed by atoms with Gasteiger partial charge in [-0.25, -0.2) is 4.98 Å². The number of nitrogens with zero attached hydrogens (tertiary/aromatic N) is 3. The molecule has 2 heterocycles. The molecule has 28 heavy (non-hydrogen) atoms. The monoisotopic (exact) mass is 437 g/mol. The molecule has 0 unspecified atom stereocenters. The van der Waals surface area contributed by atoms with Gasteiger partial charge in [-0.2, -0.15) is 0 Å². The number of thiazole rings is 1. The van der Waals surface area contributed by atoms with Crippen molar-refractivity contribution in [2.75, 3.05) is 39.3 Å². The first-order valence-electron chi connectivity index (χ1n) is 9.40. The van der Waals surface area contributed by atoms with Crippen LogP contribution in [0.25, 0.3) is 10.2 Å². The second-order valence-corrected chi connectivity index (χ2v) is 8.22. The molecule has 3 rings (SSSR count). The number of allylic oxidation sites excluding steroid dienone is 4. The van der Waals surface area contributed by atoms with Gasteiger partial charge in [-0.1, -0.05) is 35.9 Å². The predicted molar refractivity (Wildman–Crippen MR) is 120 cm³/mol. The van der Waals surface area contributed by atoms with Crippen LogP contribution >= 0.6 is 34.5 Å². The first-order chi connectivity index (χ1) is 13.6. The molecule has 1 aliphatic heterocycles. The molecule has 1 aliphatic rings. The second kappa shape index (κ2) is 10.3. The number of halogens is 2. The highest BCUT2D eigenvalue weighted by molar-refractivity contribution is 7.16. The summed E-state index contributed by atoms with van der Waals surface area (Å²) in [5.41, 5.74) is 3.84. The normalized spacial score (nSPS) is 17.0. The van der Waals surface area contributed by atoms with Gasteiger partial charge in [-0.15, -0.1) is 11.3 Å². The lowest BCUT2D eigenvalue weighted by atomic mass is 10.2. The number of fused-ring (bicyclic) bond motifs is 1. The van der Waals surface area contributed by atoms with Crippen LogP contribution in [0.2, 0.25) is 0 Å². The quantitative estimate of drug-likeness (QED) is 0.404. The molecule has 0 amide bonds. The summed E-state index contributed by atoms with van der Waals surface area (Å²) < 4.78 is 7.08. The zero-order valence-electron chi connectivity index (χ0n) is 16.0. The van der Waals surface area contributed by atoms with Crippen LogP contribution in [0.1, 0.15) is 13.3 Å². The average Bonchev–Trinajstić information content (AvgIpc) is 3.20. The number of rotatable bonds is 8. The van der Waals surface area contributed by atoms with Crippen molar-refractivity contribution in [1.82, 2.24) is 14.8 Å². The number of hydrogen-bond acceptors (Lipinski definition) is 5. The number of ether oxygens (including phenoxy) is 1. The fraction of sp³-hybridized carbons (Fsp3) is 0.381. The zero-order valence-corrected chi connectivity index (χ0v) is 18.4. The molecule has 150 valence electrons. The second-order valence-electron chi connectivity index (χ2n) is 6.55. The van der Waals surface area contributed by atoms with E-state index in [1.807, 2.05) is 30.6 Å². The van der Waals surface area contributed by atoms with Gasteiger partial charge in [0.25, 0.3) is 0 Å². The molecule has 2 aromatic rings. The molecule has 0 aliphatic carbocycles. The number of piperazine rings is 1. The molecular weight excluding hydrogens is 413 g/mol. The smallest absolute Gasteiger partial charge is 0.121 e. The summed E-state index contributed by atoms with van der Waals surface area (Å²) in [5, 5.41) is 1.06. The van der Waals surface area contributed by atoms with Gasteiger partial charge in [0.1, 0.15) is 5.75 Å². The Morgan fingerprint density at radius 1 is 1.29 bits per heavy atom. The highest BCUT2D eigenvalue weighted by Gasteiger charge is 2.20. The highest BCUT2D eigenvalue weighted by Crippen LogP contribution is 2.27. The Balaban J connectivity index is 1.41. The SMILES string of the molecule is C=C/C(Cl)=C(Cl)\C(=C/C)N1CCN(CCCOc2ccc3scnc3c2)CC1. The Bertz CT molecular complexity index is 869. The van der Waals surface area contributed by atoms with Crippen molar-refractivity contribution < 1.29 is 4.74 Å². The summed E-state index contributed by atoms with van der Waals surface area (Å²) in [6, 6.07) is 6.09. The fourth-order valence-electron chi connectivity index (χ4n) is 3.28. The molecule has 0 spiro atoms. The summed E-state index contributed by atoms with van der Waals surface area (Å²) in [7, 11) is 0. The van der Waals surface area contributed by atoms with E-state index >= 15 is 0 Å². The summed E-state index contributed by atoms with van der Waals surface area (Å²) in [6.45, 7) is 11.3. The summed E-state index contributed by atoms with van der Waals surface area (Å²) in [5.74, 6) is 0.890. The summed E-state index contributed by atoms with van der Waals surface area (Å²) >= 11 is 14.2. The number of aromatic nitrogens is 1. The number of hydrogen-bond donors (Lipinski definition) is 0. The van der Waals surface area contributed by atoms with E-state index in [1.54, 1.807) is 17.4 Å². The van der Waals surface area contributed by atoms with E-state index < -0.39 is 0 Å². The molecule has 0 saturated carbocycles. The van der Waals surface area contributed by atoms with Crippen LogP contribution in [0.15, 0.2) is 58.2 Å². The van der Waals surface area contributed by atoms with Crippen LogP contribution in [0.5, 0.6) is 5.75 Å². The first kappa shape index (κ1) is 21.2. The van der Waals surface area contributed by atoms with E-state index in [2.05, 4.69) is 27.4 Å². The lowest BCUT2D eigenvalue weighted by Crippen LogP contribution is -2.46.